The number of fused-ring (bicyclic) bond motifs is 1. The first-order valence-electron chi connectivity index (χ1n) is 4.31. The molecule has 0 saturated heterocycles. The Kier molecular flexibility index (Phi) is 1.89. The van der Waals surface area contributed by atoms with Crippen molar-refractivity contribution in [2.45, 2.75) is 13.8 Å². The highest BCUT2D eigenvalue weighted by Crippen LogP contribution is 2.32. The molecule has 2 aromatic heterocycles. The Labute approximate surface area is 85.6 Å². The molecule has 0 aliphatic carbocycles. The third kappa shape index (κ3) is 1.07. The minimum atomic E-state index is -0.868. The van der Waals surface area contributed by atoms with Gasteiger partial charge in [-0.1, -0.05) is 0 Å². The summed E-state index contributed by atoms with van der Waals surface area (Å²) < 4.78 is 2.80. The molecule has 3 nitrogen and oxygen atoms in total. The fourth-order valence-corrected chi connectivity index (χ4v) is 2.84. The molecule has 14 heavy (non-hydrogen) atoms. The number of hydrogen-bond acceptors (Lipinski definition) is 2. The largest absolute Gasteiger partial charge is 0.477 e. The molecule has 0 unspecified atom stereocenters. The molecule has 0 aromatic carbocycles. The zero-order chi connectivity index (χ0) is 10.5. The number of aryl methyl sites for hydroxylation is 3. The van der Waals surface area contributed by atoms with Gasteiger partial charge in [0.2, 0.25) is 0 Å². The Balaban J connectivity index is 2.84. The quantitative estimate of drug-likeness (QED) is 0.784. The summed E-state index contributed by atoms with van der Waals surface area (Å²) in [7, 11) is 1.80. The Bertz CT molecular complexity index is 522. The van der Waals surface area contributed by atoms with Crippen molar-refractivity contribution in [3.05, 3.63) is 22.2 Å². The number of carboxylic acids is 1. The van der Waals surface area contributed by atoms with E-state index in [1.54, 1.807) is 29.0 Å². The van der Waals surface area contributed by atoms with Crippen LogP contribution in [0.4, 0.5) is 0 Å². The van der Waals surface area contributed by atoms with Crippen LogP contribution in [0.1, 0.15) is 20.9 Å². The maximum atomic E-state index is 10.9. The minimum Gasteiger partial charge on any atom is -0.477 e. The lowest BCUT2D eigenvalue weighted by molar-refractivity contribution is 0.0687. The SMILES string of the molecule is Cc1sc2cc(C(=O)O)n(C)c2c1C. The number of thiophene rings is 1. The first kappa shape index (κ1) is 9.27. The fraction of sp³-hybridized carbons (Fsp3) is 0.300. The smallest absolute Gasteiger partial charge is 0.352 e. The number of nitrogens with zero attached hydrogens (tertiary/aromatic N) is 1. The second kappa shape index (κ2) is 2.85. The summed E-state index contributed by atoms with van der Waals surface area (Å²) in [5, 5.41) is 8.93. The molecule has 1 N–H and O–H groups in total. The van der Waals surface area contributed by atoms with Crippen LogP contribution < -0.4 is 0 Å². The molecule has 2 rings (SSSR count). The van der Waals surface area contributed by atoms with Crippen molar-refractivity contribution in [3.8, 4) is 0 Å². The standard InChI is InChI=1S/C10H11NO2S/c1-5-6(2)14-8-4-7(10(12)13)11(3)9(5)8/h4H,1-3H3,(H,12,13). The predicted molar refractivity (Wildman–Crippen MR) is 57.2 cm³/mol. The van der Waals surface area contributed by atoms with Crippen LogP contribution in [0.5, 0.6) is 0 Å². The Hall–Kier alpha value is -1.29. The summed E-state index contributed by atoms with van der Waals surface area (Å²) in [6.07, 6.45) is 0. The fourth-order valence-electron chi connectivity index (χ4n) is 1.70. The van der Waals surface area contributed by atoms with E-state index in [0.717, 1.165) is 10.2 Å². The molecule has 0 bridgehead atoms. The monoisotopic (exact) mass is 209 g/mol. The van der Waals surface area contributed by atoms with Crippen LogP contribution >= 0.6 is 11.3 Å². The van der Waals surface area contributed by atoms with Crippen LogP contribution in [0.2, 0.25) is 0 Å². The van der Waals surface area contributed by atoms with Gasteiger partial charge in [-0.05, 0) is 25.5 Å². The van der Waals surface area contributed by atoms with Crippen LogP contribution in [0.15, 0.2) is 6.07 Å². The van der Waals surface area contributed by atoms with Gasteiger partial charge in [-0.2, -0.15) is 0 Å². The summed E-state index contributed by atoms with van der Waals surface area (Å²) in [6.45, 7) is 4.08. The maximum absolute atomic E-state index is 10.9. The van der Waals surface area contributed by atoms with E-state index < -0.39 is 5.97 Å². The average Bonchev–Trinajstić information content (AvgIpc) is 2.54. The van der Waals surface area contributed by atoms with Gasteiger partial charge in [-0.15, -0.1) is 11.3 Å². The van der Waals surface area contributed by atoms with Crippen LogP contribution in [-0.4, -0.2) is 15.6 Å². The van der Waals surface area contributed by atoms with E-state index >= 15 is 0 Å². The third-order valence-electron chi connectivity index (χ3n) is 2.56. The minimum absolute atomic E-state index is 0.356. The molecule has 0 aliphatic heterocycles. The molecule has 0 aliphatic rings. The molecule has 2 heterocycles. The van der Waals surface area contributed by atoms with E-state index in [0.29, 0.717) is 5.69 Å². The number of hydrogen-bond donors (Lipinski definition) is 1. The van der Waals surface area contributed by atoms with Crippen molar-refractivity contribution in [2.24, 2.45) is 7.05 Å². The van der Waals surface area contributed by atoms with Gasteiger partial charge in [0.25, 0.3) is 0 Å². The van der Waals surface area contributed by atoms with Crippen molar-refractivity contribution in [1.29, 1.82) is 0 Å². The predicted octanol–water partition coefficient (Wildman–Crippen LogP) is 2.55. The van der Waals surface area contributed by atoms with Gasteiger partial charge in [0, 0.05) is 11.9 Å². The summed E-state index contributed by atoms with van der Waals surface area (Å²) in [4.78, 5) is 12.1. The van der Waals surface area contributed by atoms with Gasteiger partial charge < -0.3 is 9.67 Å². The molecular formula is C10H11NO2S. The molecule has 4 heteroatoms. The van der Waals surface area contributed by atoms with Crippen molar-refractivity contribution >= 4 is 27.5 Å². The number of aromatic nitrogens is 1. The van der Waals surface area contributed by atoms with E-state index in [-0.39, 0.29) is 0 Å². The second-order valence-electron chi connectivity index (χ2n) is 3.39. The highest BCUT2D eigenvalue weighted by molar-refractivity contribution is 7.19. The number of rotatable bonds is 1. The summed E-state index contributed by atoms with van der Waals surface area (Å²) in [5.74, 6) is -0.868. The third-order valence-corrected chi connectivity index (χ3v) is 3.71. The van der Waals surface area contributed by atoms with E-state index in [1.807, 2.05) is 6.92 Å². The van der Waals surface area contributed by atoms with Crippen LogP contribution in [-0.2, 0) is 7.05 Å². The number of carboxylic acid groups (broad SMARTS) is 1. The topological polar surface area (TPSA) is 42.2 Å². The average molecular weight is 209 g/mol. The van der Waals surface area contributed by atoms with Crippen molar-refractivity contribution in [2.75, 3.05) is 0 Å². The van der Waals surface area contributed by atoms with E-state index in [9.17, 15) is 4.79 Å². The van der Waals surface area contributed by atoms with Crippen LogP contribution in [0, 0.1) is 13.8 Å². The van der Waals surface area contributed by atoms with Gasteiger partial charge in [0.15, 0.2) is 0 Å². The molecule has 0 radical (unpaired) electrons. The Morgan fingerprint density at radius 2 is 2.14 bits per heavy atom. The number of aromatic carboxylic acids is 1. The first-order chi connectivity index (χ1) is 6.52. The maximum Gasteiger partial charge on any atom is 0.352 e. The van der Waals surface area contributed by atoms with Crippen LogP contribution in [0.25, 0.3) is 10.2 Å². The Morgan fingerprint density at radius 1 is 1.50 bits per heavy atom. The van der Waals surface area contributed by atoms with Gasteiger partial charge in [0.05, 0.1) is 10.2 Å². The highest BCUT2D eigenvalue weighted by atomic mass is 32.1. The second-order valence-corrected chi connectivity index (χ2v) is 4.65. The molecule has 74 valence electrons. The lowest BCUT2D eigenvalue weighted by atomic mass is 10.3. The van der Waals surface area contributed by atoms with Gasteiger partial charge in [0.1, 0.15) is 5.69 Å². The molecule has 2 aromatic rings. The van der Waals surface area contributed by atoms with E-state index in [1.165, 1.54) is 10.4 Å². The molecule has 0 amide bonds. The van der Waals surface area contributed by atoms with Crippen molar-refractivity contribution < 1.29 is 9.90 Å². The van der Waals surface area contributed by atoms with Crippen molar-refractivity contribution in [3.63, 3.8) is 0 Å². The molecular weight excluding hydrogens is 198 g/mol. The zero-order valence-corrected chi connectivity index (χ0v) is 9.10. The lowest BCUT2D eigenvalue weighted by Crippen LogP contribution is -2.04. The van der Waals surface area contributed by atoms with E-state index in [4.69, 9.17) is 5.11 Å². The summed E-state index contributed by atoms with van der Waals surface area (Å²) >= 11 is 1.65. The van der Waals surface area contributed by atoms with Crippen molar-refractivity contribution in [1.82, 2.24) is 4.57 Å². The zero-order valence-electron chi connectivity index (χ0n) is 8.29. The van der Waals surface area contributed by atoms with Gasteiger partial charge >= 0.3 is 5.97 Å². The summed E-state index contributed by atoms with van der Waals surface area (Å²) in [5.41, 5.74) is 2.58. The van der Waals surface area contributed by atoms with Gasteiger partial charge in [-0.25, -0.2) is 4.79 Å². The summed E-state index contributed by atoms with van der Waals surface area (Å²) in [6, 6.07) is 1.74. The molecule has 0 fully saturated rings. The normalized spacial score (nSPS) is 11.1. The Morgan fingerprint density at radius 3 is 2.64 bits per heavy atom. The first-order valence-corrected chi connectivity index (χ1v) is 5.12. The molecule has 0 spiro atoms. The molecule has 0 atom stereocenters. The van der Waals surface area contributed by atoms with Crippen LogP contribution in [0.3, 0.4) is 0 Å². The lowest BCUT2D eigenvalue weighted by Gasteiger charge is -1.99. The highest BCUT2D eigenvalue weighted by Gasteiger charge is 2.16. The van der Waals surface area contributed by atoms with Gasteiger partial charge in [-0.3, -0.25) is 0 Å². The number of carbonyl (C=O) groups is 1. The molecule has 0 saturated carbocycles. The van der Waals surface area contributed by atoms with E-state index in [2.05, 4.69) is 6.92 Å².